The maximum absolute atomic E-state index is 12.6. The fraction of sp³-hybridized carbons (Fsp3) is 0.692. The zero-order chi connectivity index (χ0) is 16.1. The predicted octanol–water partition coefficient (Wildman–Crippen LogP) is 2.22. The van der Waals surface area contributed by atoms with Crippen molar-refractivity contribution in [2.24, 2.45) is 0 Å². The molecule has 21 heavy (non-hydrogen) atoms. The van der Waals surface area contributed by atoms with E-state index in [0.29, 0.717) is 6.54 Å². The molecule has 8 heteroatoms. The zero-order valence-corrected chi connectivity index (χ0v) is 12.3. The van der Waals surface area contributed by atoms with Gasteiger partial charge in [0.1, 0.15) is 5.54 Å². The number of ether oxygens (including phenoxy) is 1. The molecule has 0 bridgehead atoms. The lowest BCUT2D eigenvalue weighted by atomic mass is 10.0. The lowest BCUT2D eigenvalue weighted by Crippen LogP contribution is -2.53. The fourth-order valence-corrected chi connectivity index (χ4v) is 1.80. The highest BCUT2D eigenvalue weighted by Crippen LogP contribution is 2.28. The average molecular weight is 307 g/mol. The van der Waals surface area contributed by atoms with Crippen LogP contribution in [0.25, 0.3) is 0 Å². The molecule has 1 rings (SSSR count). The van der Waals surface area contributed by atoms with Gasteiger partial charge < -0.3 is 10.1 Å². The Bertz CT molecular complexity index is 473. The lowest BCUT2D eigenvalue weighted by molar-refractivity contribution is -0.151. The summed E-state index contributed by atoms with van der Waals surface area (Å²) in [5.74, 6) is -0.512. The Labute approximate surface area is 121 Å². The largest absolute Gasteiger partial charge is 0.465 e. The molecule has 0 radical (unpaired) electrons. The number of hydrogen-bond acceptors (Lipinski definition) is 4. The highest BCUT2D eigenvalue weighted by molar-refractivity contribution is 5.80. The van der Waals surface area contributed by atoms with Crippen molar-refractivity contribution in [3.63, 3.8) is 0 Å². The van der Waals surface area contributed by atoms with E-state index < -0.39 is 23.2 Å². The van der Waals surface area contributed by atoms with Crippen molar-refractivity contribution in [1.82, 2.24) is 15.1 Å². The molecule has 1 atom stereocenters. The second-order valence-electron chi connectivity index (χ2n) is 4.90. The average Bonchev–Trinajstić information content (AvgIpc) is 2.85. The number of aromatic nitrogens is 2. The Balaban J connectivity index is 2.90. The number of carbonyl (C=O) groups is 1. The third-order valence-electron chi connectivity index (χ3n) is 2.93. The second kappa shape index (κ2) is 6.93. The minimum absolute atomic E-state index is 0.0398. The Morgan fingerprint density at radius 1 is 1.43 bits per heavy atom. The molecular weight excluding hydrogens is 287 g/mol. The van der Waals surface area contributed by atoms with Crippen LogP contribution < -0.4 is 5.32 Å². The van der Waals surface area contributed by atoms with Crippen LogP contribution >= 0.6 is 0 Å². The maximum atomic E-state index is 12.6. The van der Waals surface area contributed by atoms with Gasteiger partial charge in [-0.2, -0.15) is 18.3 Å². The summed E-state index contributed by atoms with van der Waals surface area (Å²) >= 11 is 0. The van der Waals surface area contributed by atoms with Gasteiger partial charge in [-0.15, -0.1) is 0 Å². The molecule has 0 aliphatic heterocycles. The number of esters is 1. The van der Waals surface area contributed by atoms with Crippen molar-refractivity contribution in [3.05, 3.63) is 18.0 Å². The standard InChI is InChI=1S/C13H20F3N3O2/c1-4-6-17-12(3,11(20)21-5-2)9-19-8-10(7-18-19)13(14,15)16/h7-8,17H,4-6,9H2,1-3H3. The number of carbonyl (C=O) groups excluding carboxylic acids is 1. The Morgan fingerprint density at radius 2 is 2.10 bits per heavy atom. The van der Waals surface area contributed by atoms with E-state index in [2.05, 4.69) is 10.4 Å². The summed E-state index contributed by atoms with van der Waals surface area (Å²) in [4.78, 5) is 12.0. The number of halogens is 3. The van der Waals surface area contributed by atoms with Crippen LogP contribution in [0.5, 0.6) is 0 Å². The highest BCUT2D eigenvalue weighted by atomic mass is 19.4. The van der Waals surface area contributed by atoms with Gasteiger partial charge in [0.2, 0.25) is 0 Å². The van der Waals surface area contributed by atoms with Crippen LogP contribution in [-0.4, -0.2) is 34.4 Å². The molecule has 0 saturated heterocycles. The molecule has 1 aromatic rings. The molecule has 0 aromatic carbocycles. The van der Waals surface area contributed by atoms with Crippen LogP contribution in [0.4, 0.5) is 13.2 Å². The summed E-state index contributed by atoms with van der Waals surface area (Å²) in [6.45, 7) is 5.90. The van der Waals surface area contributed by atoms with Gasteiger partial charge in [-0.05, 0) is 26.8 Å². The van der Waals surface area contributed by atoms with E-state index in [1.807, 2.05) is 6.92 Å². The molecule has 0 aliphatic carbocycles. The minimum atomic E-state index is -4.45. The van der Waals surface area contributed by atoms with Gasteiger partial charge in [-0.1, -0.05) is 6.92 Å². The summed E-state index contributed by atoms with van der Waals surface area (Å²) in [5.41, 5.74) is -1.97. The van der Waals surface area contributed by atoms with Crippen LogP contribution in [0.15, 0.2) is 12.4 Å². The molecule has 0 aliphatic rings. The van der Waals surface area contributed by atoms with Gasteiger partial charge in [0.05, 0.1) is 24.9 Å². The number of nitrogens with zero attached hydrogens (tertiary/aromatic N) is 2. The topological polar surface area (TPSA) is 56.2 Å². The molecule has 1 aromatic heterocycles. The number of hydrogen-bond donors (Lipinski definition) is 1. The molecule has 5 nitrogen and oxygen atoms in total. The quantitative estimate of drug-likeness (QED) is 0.785. The van der Waals surface area contributed by atoms with Crippen molar-refractivity contribution in [1.29, 1.82) is 0 Å². The number of rotatable bonds is 7. The Hall–Kier alpha value is -1.57. The Kier molecular flexibility index (Phi) is 5.77. The lowest BCUT2D eigenvalue weighted by Gasteiger charge is -2.28. The Morgan fingerprint density at radius 3 is 2.57 bits per heavy atom. The fourth-order valence-electron chi connectivity index (χ4n) is 1.80. The summed E-state index contributed by atoms with van der Waals surface area (Å²) in [6, 6.07) is 0. The van der Waals surface area contributed by atoms with E-state index in [9.17, 15) is 18.0 Å². The smallest absolute Gasteiger partial charge is 0.419 e. The highest BCUT2D eigenvalue weighted by Gasteiger charge is 2.37. The summed E-state index contributed by atoms with van der Waals surface area (Å²) in [7, 11) is 0. The van der Waals surface area contributed by atoms with Gasteiger partial charge in [0, 0.05) is 6.20 Å². The van der Waals surface area contributed by atoms with E-state index in [0.717, 1.165) is 23.5 Å². The molecule has 0 spiro atoms. The zero-order valence-electron chi connectivity index (χ0n) is 12.3. The van der Waals surface area contributed by atoms with E-state index in [1.54, 1.807) is 13.8 Å². The van der Waals surface area contributed by atoms with Gasteiger partial charge in [-0.25, -0.2) is 4.79 Å². The first kappa shape index (κ1) is 17.5. The molecule has 1 unspecified atom stereocenters. The van der Waals surface area contributed by atoms with Crippen LogP contribution in [0, 0.1) is 0 Å². The first-order valence-corrected chi connectivity index (χ1v) is 6.75. The van der Waals surface area contributed by atoms with Crippen molar-refractivity contribution in [3.8, 4) is 0 Å². The van der Waals surface area contributed by atoms with E-state index >= 15 is 0 Å². The molecule has 120 valence electrons. The van der Waals surface area contributed by atoms with Gasteiger partial charge in [-0.3, -0.25) is 4.68 Å². The van der Waals surface area contributed by atoms with Crippen molar-refractivity contribution >= 4 is 5.97 Å². The molecule has 0 amide bonds. The number of alkyl halides is 3. The summed E-state index contributed by atoms with van der Waals surface area (Å²) < 4.78 is 43.8. The van der Waals surface area contributed by atoms with E-state index in [4.69, 9.17) is 4.74 Å². The van der Waals surface area contributed by atoms with Gasteiger partial charge in [0.15, 0.2) is 0 Å². The van der Waals surface area contributed by atoms with Crippen molar-refractivity contribution in [2.75, 3.05) is 13.2 Å². The summed E-state index contributed by atoms with van der Waals surface area (Å²) in [5, 5.41) is 6.68. The van der Waals surface area contributed by atoms with Crippen LogP contribution in [0.3, 0.4) is 0 Å². The maximum Gasteiger partial charge on any atom is 0.419 e. The van der Waals surface area contributed by atoms with E-state index in [1.165, 1.54) is 0 Å². The molecule has 0 fully saturated rings. The predicted molar refractivity (Wildman–Crippen MR) is 70.6 cm³/mol. The van der Waals surface area contributed by atoms with Crippen LogP contribution in [-0.2, 0) is 22.3 Å². The third kappa shape index (κ3) is 4.73. The number of nitrogens with one attached hydrogen (secondary N) is 1. The summed E-state index contributed by atoms with van der Waals surface area (Å²) in [6.07, 6.45) is -2.05. The first-order chi connectivity index (χ1) is 9.73. The van der Waals surface area contributed by atoms with Crippen LogP contribution in [0.1, 0.15) is 32.8 Å². The monoisotopic (exact) mass is 307 g/mol. The molecule has 1 heterocycles. The minimum Gasteiger partial charge on any atom is -0.465 e. The molecule has 1 N–H and O–H groups in total. The van der Waals surface area contributed by atoms with Gasteiger partial charge in [0.25, 0.3) is 0 Å². The third-order valence-corrected chi connectivity index (χ3v) is 2.93. The van der Waals surface area contributed by atoms with Crippen molar-refractivity contribution in [2.45, 2.75) is 45.5 Å². The second-order valence-corrected chi connectivity index (χ2v) is 4.90. The van der Waals surface area contributed by atoms with Crippen LogP contribution in [0.2, 0.25) is 0 Å². The van der Waals surface area contributed by atoms with E-state index in [-0.39, 0.29) is 13.2 Å². The first-order valence-electron chi connectivity index (χ1n) is 6.75. The molecule has 0 saturated carbocycles. The molecular formula is C13H20F3N3O2. The van der Waals surface area contributed by atoms with Gasteiger partial charge >= 0.3 is 12.1 Å². The van der Waals surface area contributed by atoms with Crippen molar-refractivity contribution < 1.29 is 22.7 Å². The normalized spacial score (nSPS) is 14.8. The SMILES string of the molecule is CCCNC(C)(Cn1cc(C(F)(F)F)cn1)C(=O)OCC.